The highest BCUT2D eigenvalue weighted by molar-refractivity contribution is 5.59. The summed E-state index contributed by atoms with van der Waals surface area (Å²) in [5, 5.41) is 0. The van der Waals surface area contributed by atoms with Gasteiger partial charge in [0.25, 0.3) is 0 Å². The number of rotatable bonds is 4. The summed E-state index contributed by atoms with van der Waals surface area (Å²) >= 11 is 0. The molecule has 1 fully saturated rings. The molecule has 28 heavy (non-hydrogen) atoms. The highest BCUT2D eigenvalue weighted by atomic mass is 19.1. The zero-order valence-corrected chi connectivity index (χ0v) is 16.0. The predicted octanol–water partition coefficient (Wildman–Crippen LogP) is 2.92. The molecule has 0 unspecified atom stereocenters. The smallest absolute Gasteiger partial charge is 0.225 e. The topological polar surface area (TPSA) is 70.9 Å². The lowest BCUT2D eigenvalue weighted by molar-refractivity contribution is 0.555. The van der Waals surface area contributed by atoms with E-state index in [4.69, 9.17) is 0 Å². The normalized spacial score (nSPS) is 14.6. The van der Waals surface area contributed by atoms with Crippen molar-refractivity contribution in [1.82, 2.24) is 24.9 Å². The predicted molar refractivity (Wildman–Crippen MR) is 106 cm³/mol. The largest absolute Gasteiger partial charge is 0.351 e. The second-order valence-electron chi connectivity index (χ2n) is 7.01. The van der Waals surface area contributed by atoms with Gasteiger partial charge < -0.3 is 9.80 Å². The van der Waals surface area contributed by atoms with E-state index in [-0.39, 0.29) is 11.7 Å². The molecule has 1 aliphatic heterocycles. The van der Waals surface area contributed by atoms with Crippen molar-refractivity contribution in [2.45, 2.75) is 19.8 Å². The molecule has 3 aromatic rings. The molecule has 1 saturated heterocycles. The molecule has 144 valence electrons. The number of hydrogen-bond donors (Lipinski definition) is 0. The van der Waals surface area contributed by atoms with Gasteiger partial charge in [0.2, 0.25) is 5.95 Å². The van der Waals surface area contributed by atoms with Crippen LogP contribution in [0, 0.1) is 5.82 Å². The molecule has 0 bridgehead atoms. The van der Waals surface area contributed by atoms with Crippen LogP contribution in [0.2, 0.25) is 0 Å². The van der Waals surface area contributed by atoms with Crippen LogP contribution in [0.15, 0.2) is 43.1 Å². The Bertz CT molecular complexity index is 940. The highest BCUT2D eigenvalue weighted by Crippen LogP contribution is 2.25. The zero-order valence-electron chi connectivity index (χ0n) is 16.0. The third-order valence-electron chi connectivity index (χ3n) is 4.81. The molecule has 0 atom stereocenters. The van der Waals surface area contributed by atoms with Gasteiger partial charge in [-0.2, -0.15) is 0 Å². The number of aromatic nitrogens is 5. The summed E-state index contributed by atoms with van der Waals surface area (Å²) in [5.74, 6) is 0.753. The average molecular weight is 379 g/mol. The maximum atomic E-state index is 14.8. The third kappa shape index (κ3) is 3.62. The Hall–Kier alpha value is -3.16. The fourth-order valence-corrected chi connectivity index (χ4v) is 3.29. The van der Waals surface area contributed by atoms with Gasteiger partial charge >= 0.3 is 0 Å². The molecule has 3 aromatic heterocycles. The van der Waals surface area contributed by atoms with E-state index in [9.17, 15) is 4.39 Å². The molecular formula is C20H22FN7. The van der Waals surface area contributed by atoms with Gasteiger partial charge in [-0.15, -0.1) is 0 Å². The number of halogens is 1. The van der Waals surface area contributed by atoms with Crippen LogP contribution in [0.5, 0.6) is 0 Å². The van der Waals surface area contributed by atoms with Crippen LogP contribution in [0.1, 0.15) is 25.5 Å². The summed E-state index contributed by atoms with van der Waals surface area (Å²) in [6, 6.07) is 5.74. The Kier molecular flexibility index (Phi) is 5.10. The standard InChI is InChI=1S/C20H22FN7/c1-14(2)18-17(21)19(25-13-24-18)27-8-10-28(11-9-27)20-23-7-5-16(26-20)15-4-3-6-22-12-15/h3-7,12-14H,8-11H2,1-2H3. The molecule has 4 rings (SSSR count). The lowest BCUT2D eigenvalue weighted by Gasteiger charge is -2.35. The summed E-state index contributed by atoms with van der Waals surface area (Å²) in [7, 11) is 0. The van der Waals surface area contributed by atoms with Crippen LogP contribution in [0.4, 0.5) is 16.2 Å². The van der Waals surface area contributed by atoms with Gasteiger partial charge in [-0.1, -0.05) is 13.8 Å². The van der Waals surface area contributed by atoms with E-state index in [0.29, 0.717) is 43.6 Å². The zero-order chi connectivity index (χ0) is 19.5. The minimum Gasteiger partial charge on any atom is -0.351 e. The molecule has 8 heteroatoms. The fraction of sp³-hybridized carbons (Fsp3) is 0.350. The van der Waals surface area contributed by atoms with Crippen LogP contribution in [0.25, 0.3) is 11.3 Å². The Morgan fingerprint density at radius 1 is 0.964 bits per heavy atom. The summed E-state index contributed by atoms with van der Waals surface area (Å²) in [6.07, 6.45) is 6.73. The molecule has 0 spiro atoms. The van der Waals surface area contributed by atoms with Gasteiger partial charge in [0, 0.05) is 50.3 Å². The Morgan fingerprint density at radius 2 is 1.75 bits per heavy atom. The van der Waals surface area contributed by atoms with Crippen LogP contribution >= 0.6 is 0 Å². The molecule has 0 saturated carbocycles. The van der Waals surface area contributed by atoms with E-state index in [1.165, 1.54) is 6.33 Å². The summed E-state index contributed by atoms with van der Waals surface area (Å²) in [5.41, 5.74) is 2.25. The lowest BCUT2D eigenvalue weighted by Crippen LogP contribution is -2.47. The van der Waals surface area contributed by atoms with Gasteiger partial charge in [0.1, 0.15) is 6.33 Å². The van der Waals surface area contributed by atoms with E-state index in [1.54, 1.807) is 18.6 Å². The molecule has 4 heterocycles. The summed E-state index contributed by atoms with van der Waals surface area (Å²) in [6.45, 7) is 6.53. The minimum absolute atomic E-state index is 0.0201. The van der Waals surface area contributed by atoms with Crippen molar-refractivity contribution in [3.8, 4) is 11.3 Å². The van der Waals surface area contributed by atoms with Crippen LogP contribution < -0.4 is 9.80 Å². The van der Waals surface area contributed by atoms with E-state index in [1.807, 2.05) is 36.9 Å². The van der Waals surface area contributed by atoms with Gasteiger partial charge in [-0.25, -0.2) is 24.3 Å². The maximum absolute atomic E-state index is 14.8. The van der Waals surface area contributed by atoms with Crippen molar-refractivity contribution in [2.24, 2.45) is 0 Å². The second kappa shape index (κ2) is 7.84. The molecular weight excluding hydrogens is 357 g/mol. The first-order chi connectivity index (χ1) is 13.6. The van der Waals surface area contributed by atoms with Crippen molar-refractivity contribution in [3.05, 3.63) is 54.6 Å². The van der Waals surface area contributed by atoms with Crippen LogP contribution in [-0.2, 0) is 0 Å². The van der Waals surface area contributed by atoms with Gasteiger partial charge in [0.05, 0.1) is 11.4 Å². The first-order valence-electron chi connectivity index (χ1n) is 9.37. The molecule has 0 N–H and O–H groups in total. The second-order valence-corrected chi connectivity index (χ2v) is 7.01. The van der Waals surface area contributed by atoms with Crippen LogP contribution in [0.3, 0.4) is 0 Å². The van der Waals surface area contributed by atoms with E-state index in [0.717, 1.165) is 11.3 Å². The van der Waals surface area contributed by atoms with Gasteiger partial charge in [0.15, 0.2) is 11.6 Å². The summed E-state index contributed by atoms with van der Waals surface area (Å²) < 4.78 is 14.8. The number of nitrogens with zero attached hydrogens (tertiary/aromatic N) is 7. The molecule has 0 radical (unpaired) electrons. The first kappa shape index (κ1) is 18.2. The van der Waals surface area contributed by atoms with E-state index >= 15 is 0 Å². The quantitative estimate of drug-likeness (QED) is 0.690. The summed E-state index contributed by atoms with van der Waals surface area (Å²) in [4.78, 5) is 25.6. The minimum atomic E-state index is -0.319. The van der Waals surface area contributed by atoms with Crippen LogP contribution in [-0.4, -0.2) is 51.1 Å². The number of anilines is 2. The molecule has 7 nitrogen and oxygen atoms in total. The highest BCUT2D eigenvalue weighted by Gasteiger charge is 2.24. The number of pyridine rings is 1. The first-order valence-corrected chi connectivity index (χ1v) is 9.37. The third-order valence-corrected chi connectivity index (χ3v) is 4.81. The Balaban J connectivity index is 1.49. The SMILES string of the molecule is CC(C)c1ncnc(N2CCN(c3nccc(-c4cccnc4)n3)CC2)c1F. The van der Waals surface area contributed by atoms with Gasteiger partial charge in [-0.3, -0.25) is 4.98 Å². The monoisotopic (exact) mass is 379 g/mol. The molecule has 1 aliphatic rings. The van der Waals surface area contributed by atoms with Crippen molar-refractivity contribution in [1.29, 1.82) is 0 Å². The van der Waals surface area contributed by atoms with Crippen molar-refractivity contribution in [3.63, 3.8) is 0 Å². The van der Waals surface area contributed by atoms with Crippen molar-refractivity contribution < 1.29 is 4.39 Å². The van der Waals surface area contributed by atoms with E-state index < -0.39 is 0 Å². The fourth-order valence-electron chi connectivity index (χ4n) is 3.29. The van der Waals surface area contributed by atoms with Crippen molar-refractivity contribution in [2.75, 3.05) is 36.0 Å². The van der Waals surface area contributed by atoms with E-state index in [2.05, 4.69) is 29.8 Å². The average Bonchev–Trinajstić information content (AvgIpc) is 2.75. The maximum Gasteiger partial charge on any atom is 0.225 e. The Labute approximate surface area is 163 Å². The van der Waals surface area contributed by atoms with Crippen molar-refractivity contribution >= 4 is 11.8 Å². The van der Waals surface area contributed by atoms with Gasteiger partial charge in [-0.05, 0) is 24.1 Å². The molecule has 0 amide bonds. The Morgan fingerprint density at radius 3 is 2.46 bits per heavy atom. The molecule has 0 aromatic carbocycles. The number of hydrogen-bond acceptors (Lipinski definition) is 7. The number of piperazine rings is 1. The molecule has 0 aliphatic carbocycles. The lowest BCUT2D eigenvalue weighted by atomic mass is 10.1.